The predicted octanol–water partition coefficient (Wildman–Crippen LogP) is 2.90. The SMILES string of the molecule is Cc1[nH]c(-c2cc3ccccc3o2)c(O)c1CN. The maximum atomic E-state index is 10.1. The van der Waals surface area contributed by atoms with Crippen LogP contribution in [0.25, 0.3) is 22.4 Å². The zero-order valence-electron chi connectivity index (χ0n) is 10.0. The van der Waals surface area contributed by atoms with Crippen LogP contribution in [0.1, 0.15) is 11.3 Å². The van der Waals surface area contributed by atoms with E-state index in [1.807, 2.05) is 37.3 Å². The number of hydrogen-bond acceptors (Lipinski definition) is 3. The van der Waals surface area contributed by atoms with Crippen LogP contribution in [0.5, 0.6) is 5.75 Å². The molecule has 4 nitrogen and oxygen atoms in total. The molecule has 2 aromatic heterocycles. The van der Waals surface area contributed by atoms with E-state index in [1.165, 1.54) is 0 Å². The van der Waals surface area contributed by atoms with Gasteiger partial charge in [-0.3, -0.25) is 0 Å². The van der Waals surface area contributed by atoms with Crippen molar-refractivity contribution in [3.8, 4) is 17.2 Å². The molecule has 0 aliphatic heterocycles. The third-order valence-electron chi connectivity index (χ3n) is 3.16. The first-order valence-corrected chi connectivity index (χ1v) is 5.80. The van der Waals surface area contributed by atoms with Crippen LogP contribution in [0.4, 0.5) is 0 Å². The van der Waals surface area contributed by atoms with Crippen LogP contribution in [0.3, 0.4) is 0 Å². The van der Waals surface area contributed by atoms with Crippen LogP contribution in [0.15, 0.2) is 34.7 Å². The number of fused-ring (bicyclic) bond motifs is 1. The molecule has 0 bridgehead atoms. The quantitative estimate of drug-likeness (QED) is 0.646. The predicted molar refractivity (Wildman–Crippen MR) is 70.3 cm³/mol. The average molecular weight is 242 g/mol. The maximum Gasteiger partial charge on any atom is 0.155 e. The van der Waals surface area contributed by atoms with Gasteiger partial charge in [-0.2, -0.15) is 0 Å². The molecule has 18 heavy (non-hydrogen) atoms. The molecule has 1 aromatic carbocycles. The number of H-pyrrole nitrogens is 1. The van der Waals surface area contributed by atoms with Crippen LogP contribution in [-0.2, 0) is 6.54 Å². The summed E-state index contributed by atoms with van der Waals surface area (Å²) in [6.45, 7) is 2.18. The standard InChI is InChI=1S/C14H14N2O2/c1-8-10(7-15)14(17)13(16-8)12-6-9-4-2-3-5-11(9)18-12/h2-6,16-17H,7,15H2,1H3. The Morgan fingerprint density at radius 3 is 2.78 bits per heavy atom. The lowest BCUT2D eigenvalue weighted by molar-refractivity contribution is 0.469. The van der Waals surface area contributed by atoms with E-state index in [1.54, 1.807) is 0 Å². The summed E-state index contributed by atoms with van der Waals surface area (Å²) in [7, 11) is 0. The molecule has 0 atom stereocenters. The van der Waals surface area contributed by atoms with Gasteiger partial charge in [0.15, 0.2) is 5.76 Å². The van der Waals surface area contributed by atoms with Gasteiger partial charge in [0.1, 0.15) is 17.0 Å². The fourth-order valence-corrected chi connectivity index (χ4v) is 2.18. The highest BCUT2D eigenvalue weighted by Crippen LogP contribution is 2.36. The number of para-hydroxylation sites is 1. The highest BCUT2D eigenvalue weighted by molar-refractivity contribution is 5.83. The van der Waals surface area contributed by atoms with Crippen LogP contribution in [-0.4, -0.2) is 10.1 Å². The van der Waals surface area contributed by atoms with Crippen molar-refractivity contribution in [2.75, 3.05) is 0 Å². The Labute approximate surface area is 104 Å². The monoisotopic (exact) mass is 242 g/mol. The number of furan rings is 1. The average Bonchev–Trinajstić information content (AvgIpc) is 2.90. The largest absolute Gasteiger partial charge is 0.505 e. The van der Waals surface area contributed by atoms with Gasteiger partial charge >= 0.3 is 0 Å². The van der Waals surface area contributed by atoms with E-state index in [9.17, 15) is 5.11 Å². The smallest absolute Gasteiger partial charge is 0.155 e. The summed E-state index contributed by atoms with van der Waals surface area (Å²) in [5.74, 6) is 0.797. The van der Waals surface area contributed by atoms with Gasteiger partial charge in [-0.05, 0) is 19.1 Å². The molecule has 0 spiro atoms. The normalized spacial score (nSPS) is 11.2. The Morgan fingerprint density at radius 2 is 2.11 bits per heavy atom. The second-order valence-electron chi connectivity index (χ2n) is 4.30. The second kappa shape index (κ2) is 3.92. The third-order valence-corrected chi connectivity index (χ3v) is 3.16. The van der Waals surface area contributed by atoms with Crippen molar-refractivity contribution in [2.45, 2.75) is 13.5 Å². The Kier molecular flexibility index (Phi) is 2.38. The number of aromatic nitrogens is 1. The molecule has 0 aliphatic carbocycles. The number of nitrogens with one attached hydrogen (secondary N) is 1. The molecule has 0 fully saturated rings. The lowest BCUT2D eigenvalue weighted by atomic mass is 10.2. The summed E-state index contributed by atoms with van der Waals surface area (Å²) in [6, 6.07) is 9.64. The number of aryl methyl sites for hydroxylation is 1. The molecular weight excluding hydrogens is 228 g/mol. The van der Waals surface area contributed by atoms with Crippen LogP contribution in [0, 0.1) is 6.92 Å². The number of aromatic hydroxyl groups is 1. The number of rotatable bonds is 2. The Morgan fingerprint density at radius 1 is 1.33 bits per heavy atom. The van der Waals surface area contributed by atoms with Gasteiger partial charge < -0.3 is 20.2 Å². The minimum atomic E-state index is 0.175. The zero-order chi connectivity index (χ0) is 12.7. The van der Waals surface area contributed by atoms with Gasteiger partial charge in [0.05, 0.1) is 0 Å². The van der Waals surface area contributed by atoms with E-state index in [4.69, 9.17) is 10.2 Å². The van der Waals surface area contributed by atoms with E-state index in [2.05, 4.69) is 4.98 Å². The van der Waals surface area contributed by atoms with E-state index in [0.29, 0.717) is 18.0 Å². The van der Waals surface area contributed by atoms with E-state index in [-0.39, 0.29) is 5.75 Å². The first kappa shape index (κ1) is 10.9. The van der Waals surface area contributed by atoms with Gasteiger partial charge in [-0.15, -0.1) is 0 Å². The summed E-state index contributed by atoms with van der Waals surface area (Å²) in [5, 5.41) is 11.1. The van der Waals surface area contributed by atoms with Gasteiger partial charge in [0.2, 0.25) is 0 Å². The zero-order valence-corrected chi connectivity index (χ0v) is 10.0. The fraction of sp³-hybridized carbons (Fsp3) is 0.143. The topological polar surface area (TPSA) is 75.2 Å². The molecule has 0 unspecified atom stereocenters. The van der Waals surface area contributed by atoms with E-state index < -0.39 is 0 Å². The van der Waals surface area contributed by atoms with Crippen LogP contribution in [0.2, 0.25) is 0 Å². The van der Waals surface area contributed by atoms with Crippen molar-refractivity contribution in [3.63, 3.8) is 0 Å². The van der Waals surface area contributed by atoms with Gasteiger partial charge in [-0.1, -0.05) is 18.2 Å². The molecular formula is C14H14N2O2. The Bertz CT molecular complexity index is 677. The highest BCUT2D eigenvalue weighted by atomic mass is 16.3. The Balaban J connectivity index is 2.20. The molecule has 0 saturated heterocycles. The van der Waals surface area contributed by atoms with E-state index in [0.717, 1.165) is 22.2 Å². The summed E-state index contributed by atoms with van der Waals surface area (Å²) in [4.78, 5) is 3.12. The minimum Gasteiger partial charge on any atom is -0.505 e. The van der Waals surface area contributed by atoms with Crippen LogP contribution < -0.4 is 5.73 Å². The summed E-state index contributed by atoms with van der Waals surface area (Å²) >= 11 is 0. The van der Waals surface area contributed by atoms with E-state index >= 15 is 0 Å². The van der Waals surface area contributed by atoms with Crippen LogP contribution >= 0.6 is 0 Å². The lowest BCUT2D eigenvalue weighted by Gasteiger charge is -1.95. The number of hydrogen-bond donors (Lipinski definition) is 3. The van der Waals surface area contributed by atoms with Crippen molar-refractivity contribution in [1.82, 2.24) is 4.98 Å². The van der Waals surface area contributed by atoms with Crippen molar-refractivity contribution in [2.24, 2.45) is 5.73 Å². The van der Waals surface area contributed by atoms with Crippen molar-refractivity contribution in [1.29, 1.82) is 0 Å². The number of aromatic amines is 1. The molecule has 2 heterocycles. The molecule has 0 radical (unpaired) electrons. The van der Waals surface area contributed by atoms with Gasteiger partial charge in [-0.25, -0.2) is 0 Å². The van der Waals surface area contributed by atoms with Crippen molar-refractivity contribution >= 4 is 11.0 Å². The first-order chi connectivity index (χ1) is 8.70. The number of nitrogens with two attached hydrogens (primary N) is 1. The minimum absolute atomic E-state index is 0.175. The lowest BCUT2D eigenvalue weighted by Crippen LogP contribution is -1.96. The molecule has 3 aromatic rings. The molecule has 92 valence electrons. The maximum absolute atomic E-state index is 10.1. The highest BCUT2D eigenvalue weighted by Gasteiger charge is 2.17. The molecule has 0 saturated carbocycles. The molecule has 4 heteroatoms. The molecule has 0 aliphatic rings. The van der Waals surface area contributed by atoms with Crippen molar-refractivity contribution < 1.29 is 9.52 Å². The molecule has 4 N–H and O–H groups in total. The Hall–Kier alpha value is -2.20. The fourth-order valence-electron chi connectivity index (χ4n) is 2.18. The summed E-state index contributed by atoms with van der Waals surface area (Å²) < 4.78 is 5.72. The first-order valence-electron chi connectivity index (χ1n) is 5.80. The molecule has 3 rings (SSSR count). The summed E-state index contributed by atoms with van der Waals surface area (Å²) in [6.07, 6.45) is 0. The van der Waals surface area contributed by atoms with Gasteiger partial charge in [0.25, 0.3) is 0 Å². The second-order valence-corrected chi connectivity index (χ2v) is 4.30. The van der Waals surface area contributed by atoms with Crippen molar-refractivity contribution in [3.05, 3.63) is 41.6 Å². The van der Waals surface area contributed by atoms with Gasteiger partial charge in [0, 0.05) is 23.2 Å². The summed E-state index contributed by atoms with van der Waals surface area (Å²) in [5.41, 5.74) is 8.59. The molecule has 0 amide bonds. The third kappa shape index (κ3) is 1.50. The number of benzene rings is 1.